The number of nitrogens with zero attached hydrogens (tertiary/aromatic N) is 3. The molecular formula is C20H25FN4O3. The van der Waals surface area contributed by atoms with E-state index in [1.54, 1.807) is 27.9 Å². The SMILES string of the molecule is COC(=O)N1CCC(NC(=O)c2cnn(-c3ccc(F)cc3)c2C(C)C)CC1. The van der Waals surface area contributed by atoms with E-state index in [1.165, 1.54) is 19.2 Å². The number of amides is 2. The summed E-state index contributed by atoms with van der Waals surface area (Å²) in [6.45, 7) is 5.07. The van der Waals surface area contributed by atoms with Gasteiger partial charge >= 0.3 is 6.09 Å². The average Bonchev–Trinajstić information content (AvgIpc) is 3.14. The van der Waals surface area contributed by atoms with Gasteiger partial charge in [-0.2, -0.15) is 5.10 Å². The molecule has 1 aliphatic heterocycles. The fourth-order valence-corrected chi connectivity index (χ4v) is 3.48. The topological polar surface area (TPSA) is 76.5 Å². The Hall–Kier alpha value is -2.90. The van der Waals surface area contributed by atoms with Crippen molar-refractivity contribution in [3.05, 3.63) is 47.5 Å². The Kier molecular flexibility index (Phi) is 5.96. The van der Waals surface area contributed by atoms with Crippen molar-refractivity contribution in [3.8, 4) is 5.69 Å². The quantitative estimate of drug-likeness (QED) is 0.873. The van der Waals surface area contributed by atoms with Gasteiger partial charge in [-0.05, 0) is 43.0 Å². The van der Waals surface area contributed by atoms with Gasteiger partial charge in [0.25, 0.3) is 5.91 Å². The number of carbonyl (C=O) groups is 2. The molecule has 2 aromatic rings. The number of likely N-dealkylation sites (tertiary alicyclic amines) is 1. The molecule has 0 radical (unpaired) electrons. The van der Waals surface area contributed by atoms with Gasteiger partial charge < -0.3 is 15.0 Å². The molecule has 2 heterocycles. The molecule has 0 bridgehead atoms. The average molecular weight is 388 g/mol. The zero-order valence-electron chi connectivity index (χ0n) is 16.3. The van der Waals surface area contributed by atoms with E-state index < -0.39 is 0 Å². The maximum atomic E-state index is 13.2. The number of halogens is 1. The molecule has 28 heavy (non-hydrogen) atoms. The van der Waals surface area contributed by atoms with Crippen molar-refractivity contribution >= 4 is 12.0 Å². The summed E-state index contributed by atoms with van der Waals surface area (Å²) in [5.74, 6) is -0.457. The van der Waals surface area contributed by atoms with Gasteiger partial charge in [0.1, 0.15) is 5.82 Å². The van der Waals surface area contributed by atoms with Crippen molar-refractivity contribution in [1.29, 1.82) is 0 Å². The lowest BCUT2D eigenvalue weighted by atomic mass is 10.0. The molecule has 0 spiro atoms. The second-order valence-corrected chi connectivity index (χ2v) is 7.19. The van der Waals surface area contributed by atoms with Crippen LogP contribution in [0.15, 0.2) is 30.5 Å². The molecule has 150 valence electrons. The number of benzene rings is 1. The first-order valence-corrected chi connectivity index (χ1v) is 9.38. The minimum absolute atomic E-state index is 0.0115. The number of piperidine rings is 1. The van der Waals surface area contributed by atoms with Gasteiger partial charge in [-0.3, -0.25) is 4.79 Å². The van der Waals surface area contributed by atoms with Crippen LogP contribution in [0.4, 0.5) is 9.18 Å². The highest BCUT2D eigenvalue weighted by atomic mass is 19.1. The molecule has 0 atom stereocenters. The van der Waals surface area contributed by atoms with Gasteiger partial charge in [0, 0.05) is 19.1 Å². The smallest absolute Gasteiger partial charge is 0.409 e. The van der Waals surface area contributed by atoms with Gasteiger partial charge in [-0.15, -0.1) is 0 Å². The van der Waals surface area contributed by atoms with Crippen molar-refractivity contribution in [2.24, 2.45) is 0 Å². The molecular weight excluding hydrogens is 363 g/mol. The number of rotatable bonds is 4. The van der Waals surface area contributed by atoms with E-state index in [2.05, 4.69) is 10.4 Å². The van der Waals surface area contributed by atoms with E-state index in [0.29, 0.717) is 37.2 Å². The van der Waals surface area contributed by atoms with Crippen LogP contribution in [0, 0.1) is 5.82 Å². The second-order valence-electron chi connectivity index (χ2n) is 7.19. The summed E-state index contributed by atoms with van der Waals surface area (Å²) in [5.41, 5.74) is 1.99. The Labute approximate surface area is 163 Å². The van der Waals surface area contributed by atoms with Gasteiger partial charge in [0.15, 0.2) is 0 Å². The van der Waals surface area contributed by atoms with E-state index in [9.17, 15) is 14.0 Å². The van der Waals surface area contributed by atoms with Gasteiger partial charge in [0.05, 0.1) is 30.3 Å². The maximum Gasteiger partial charge on any atom is 0.409 e. The normalized spacial score (nSPS) is 15.0. The molecule has 0 unspecified atom stereocenters. The number of hydrogen-bond acceptors (Lipinski definition) is 4. The van der Waals surface area contributed by atoms with Gasteiger partial charge in [-0.25, -0.2) is 13.9 Å². The van der Waals surface area contributed by atoms with Crippen molar-refractivity contribution in [3.63, 3.8) is 0 Å². The van der Waals surface area contributed by atoms with Crippen LogP contribution in [-0.4, -0.2) is 52.9 Å². The van der Waals surface area contributed by atoms with Crippen LogP contribution in [-0.2, 0) is 4.74 Å². The van der Waals surface area contributed by atoms with Crippen LogP contribution in [0.25, 0.3) is 5.69 Å². The molecule has 1 aromatic carbocycles. The Morgan fingerprint density at radius 1 is 1.21 bits per heavy atom. The Morgan fingerprint density at radius 3 is 2.43 bits per heavy atom. The Balaban J connectivity index is 1.74. The molecule has 1 fully saturated rings. The van der Waals surface area contributed by atoms with E-state index in [4.69, 9.17) is 4.74 Å². The molecule has 8 heteroatoms. The third-order valence-corrected chi connectivity index (χ3v) is 4.93. The first-order chi connectivity index (χ1) is 13.4. The van der Waals surface area contributed by atoms with Crippen LogP contribution >= 0.6 is 0 Å². The number of methoxy groups -OCH3 is 1. The zero-order valence-corrected chi connectivity index (χ0v) is 16.3. The lowest BCUT2D eigenvalue weighted by Crippen LogP contribution is -2.46. The molecule has 1 saturated heterocycles. The van der Waals surface area contributed by atoms with Crippen LogP contribution < -0.4 is 5.32 Å². The molecule has 1 aromatic heterocycles. The van der Waals surface area contributed by atoms with Crippen molar-refractivity contribution < 1.29 is 18.7 Å². The van der Waals surface area contributed by atoms with E-state index >= 15 is 0 Å². The zero-order chi connectivity index (χ0) is 20.3. The number of nitrogens with one attached hydrogen (secondary N) is 1. The molecule has 2 amide bonds. The molecule has 1 N–H and O–H groups in total. The number of ether oxygens (including phenoxy) is 1. The van der Waals surface area contributed by atoms with Crippen LogP contribution in [0.2, 0.25) is 0 Å². The largest absolute Gasteiger partial charge is 0.453 e. The predicted octanol–water partition coefficient (Wildman–Crippen LogP) is 3.10. The number of hydrogen-bond donors (Lipinski definition) is 1. The second kappa shape index (κ2) is 8.41. The molecule has 0 saturated carbocycles. The third-order valence-electron chi connectivity index (χ3n) is 4.93. The third kappa shape index (κ3) is 4.16. The maximum absolute atomic E-state index is 13.2. The lowest BCUT2D eigenvalue weighted by molar-refractivity contribution is 0.0891. The standard InChI is InChI=1S/C20H25FN4O3/c1-13(2)18-17(12-22-25(18)16-6-4-14(21)5-7-16)19(26)23-15-8-10-24(11-9-15)20(27)28-3/h4-7,12-13,15H,8-11H2,1-3H3,(H,23,26). The first kappa shape index (κ1) is 19.9. The highest BCUT2D eigenvalue weighted by Gasteiger charge is 2.27. The van der Waals surface area contributed by atoms with E-state index in [-0.39, 0.29) is 29.8 Å². The molecule has 0 aliphatic carbocycles. The first-order valence-electron chi connectivity index (χ1n) is 9.38. The van der Waals surface area contributed by atoms with Crippen LogP contribution in [0.5, 0.6) is 0 Å². The summed E-state index contributed by atoms with van der Waals surface area (Å²) < 4.78 is 19.6. The fraction of sp³-hybridized carbons (Fsp3) is 0.450. The Bertz CT molecular complexity index is 840. The number of aromatic nitrogens is 2. The Morgan fingerprint density at radius 2 is 1.86 bits per heavy atom. The van der Waals surface area contributed by atoms with E-state index in [1.807, 2.05) is 13.8 Å². The molecule has 7 nitrogen and oxygen atoms in total. The highest BCUT2D eigenvalue weighted by molar-refractivity contribution is 5.95. The summed E-state index contributed by atoms with van der Waals surface area (Å²) in [5, 5.41) is 7.41. The monoisotopic (exact) mass is 388 g/mol. The number of carbonyl (C=O) groups excluding carboxylic acids is 2. The fourth-order valence-electron chi connectivity index (χ4n) is 3.48. The minimum Gasteiger partial charge on any atom is -0.453 e. The van der Waals surface area contributed by atoms with E-state index in [0.717, 1.165) is 5.69 Å². The summed E-state index contributed by atoms with van der Waals surface area (Å²) in [6, 6.07) is 6.01. The molecule has 1 aliphatic rings. The van der Waals surface area contributed by atoms with Crippen molar-refractivity contribution in [2.45, 2.75) is 38.6 Å². The van der Waals surface area contributed by atoms with Crippen molar-refractivity contribution in [2.75, 3.05) is 20.2 Å². The van der Waals surface area contributed by atoms with Crippen molar-refractivity contribution in [1.82, 2.24) is 20.0 Å². The van der Waals surface area contributed by atoms with Crippen LogP contribution in [0.1, 0.15) is 48.7 Å². The minimum atomic E-state index is -0.340. The summed E-state index contributed by atoms with van der Waals surface area (Å²) in [4.78, 5) is 26.1. The highest BCUT2D eigenvalue weighted by Crippen LogP contribution is 2.24. The summed E-state index contributed by atoms with van der Waals surface area (Å²) in [6.07, 6.45) is 2.55. The van der Waals surface area contributed by atoms with Gasteiger partial charge in [-0.1, -0.05) is 13.8 Å². The summed E-state index contributed by atoms with van der Waals surface area (Å²) >= 11 is 0. The van der Waals surface area contributed by atoms with Crippen LogP contribution in [0.3, 0.4) is 0 Å². The predicted molar refractivity (Wildman–Crippen MR) is 102 cm³/mol. The summed E-state index contributed by atoms with van der Waals surface area (Å²) in [7, 11) is 1.36. The lowest BCUT2D eigenvalue weighted by Gasteiger charge is -2.31. The van der Waals surface area contributed by atoms with Gasteiger partial charge in [0.2, 0.25) is 0 Å². The molecule has 3 rings (SSSR count).